The highest BCUT2D eigenvalue weighted by Crippen LogP contribution is 2.28. The first kappa shape index (κ1) is 15.6. The van der Waals surface area contributed by atoms with Gasteiger partial charge in [0.2, 0.25) is 0 Å². The normalized spacial score (nSPS) is 17.8. The van der Waals surface area contributed by atoms with E-state index in [9.17, 15) is 13.2 Å². The number of nitrogens with zero attached hydrogens (tertiary/aromatic N) is 2. The van der Waals surface area contributed by atoms with Gasteiger partial charge in [-0.3, -0.25) is 0 Å². The highest BCUT2D eigenvalue weighted by molar-refractivity contribution is 7.91. The number of ether oxygens (including phenoxy) is 1. The van der Waals surface area contributed by atoms with E-state index in [0.717, 1.165) is 11.3 Å². The second-order valence-corrected chi connectivity index (χ2v) is 8.15. The maximum Gasteiger partial charge on any atom is 0.409 e. The topological polar surface area (TPSA) is 66.9 Å². The van der Waals surface area contributed by atoms with E-state index in [-0.39, 0.29) is 10.8 Å². The van der Waals surface area contributed by atoms with Crippen molar-refractivity contribution in [1.82, 2.24) is 9.21 Å². The molecule has 112 valence electrons. The largest absolute Gasteiger partial charge is 0.453 e. The predicted molar refractivity (Wildman–Crippen MR) is 76.7 cm³/mol. The van der Waals surface area contributed by atoms with Crippen molar-refractivity contribution in [1.29, 1.82) is 0 Å². The third kappa shape index (κ3) is 3.25. The van der Waals surface area contributed by atoms with Gasteiger partial charge in [-0.15, -0.1) is 11.3 Å². The van der Waals surface area contributed by atoms with Crippen molar-refractivity contribution in [3.05, 3.63) is 16.5 Å². The van der Waals surface area contributed by atoms with Gasteiger partial charge in [0, 0.05) is 26.2 Å². The predicted octanol–water partition coefficient (Wildman–Crippen LogP) is 1.86. The van der Waals surface area contributed by atoms with Crippen molar-refractivity contribution >= 4 is 39.1 Å². The van der Waals surface area contributed by atoms with Crippen LogP contribution in [-0.4, -0.2) is 57.0 Å². The van der Waals surface area contributed by atoms with Gasteiger partial charge in [0.15, 0.2) is 0 Å². The van der Waals surface area contributed by atoms with Gasteiger partial charge in [0.25, 0.3) is 10.0 Å². The molecule has 0 aromatic carbocycles. The van der Waals surface area contributed by atoms with Gasteiger partial charge >= 0.3 is 6.09 Å². The summed E-state index contributed by atoms with van der Waals surface area (Å²) in [6, 6.07) is 3.07. The molecule has 1 aliphatic rings. The minimum absolute atomic E-state index is 0.231. The summed E-state index contributed by atoms with van der Waals surface area (Å²) in [7, 11) is -2.22. The van der Waals surface area contributed by atoms with Gasteiger partial charge in [-0.2, -0.15) is 4.31 Å². The zero-order valence-corrected chi connectivity index (χ0v) is 13.3. The van der Waals surface area contributed by atoms with E-state index in [0.29, 0.717) is 30.4 Å². The molecule has 0 bridgehead atoms. The number of rotatable bonds is 2. The van der Waals surface area contributed by atoms with Gasteiger partial charge in [0.1, 0.15) is 4.21 Å². The molecule has 20 heavy (non-hydrogen) atoms. The molecule has 6 nitrogen and oxygen atoms in total. The smallest absolute Gasteiger partial charge is 0.409 e. The molecular formula is C11H15ClN2O4S2. The molecule has 0 saturated carbocycles. The lowest BCUT2D eigenvalue weighted by molar-refractivity contribution is 0.126. The van der Waals surface area contributed by atoms with E-state index < -0.39 is 16.1 Å². The lowest BCUT2D eigenvalue weighted by Crippen LogP contribution is -2.37. The third-order valence-electron chi connectivity index (χ3n) is 3.03. The van der Waals surface area contributed by atoms with Gasteiger partial charge in [-0.25, -0.2) is 13.2 Å². The molecule has 0 N–H and O–H groups in total. The summed E-state index contributed by atoms with van der Waals surface area (Å²) in [6.07, 6.45) is 0.149. The number of amides is 1. The molecule has 9 heteroatoms. The van der Waals surface area contributed by atoms with Gasteiger partial charge in [-0.1, -0.05) is 11.6 Å². The summed E-state index contributed by atoms with van der Waals surface area (Å²) in [6.45, 7) is 1.45. The fraction of sp³-hybridized carbons (Fsp3) is 0.545. The average Bonchev–Trinajstić information content (AvgIpc) is 2.72. The number of hydrogen-bond acceptors (Lipinski definition) is 5. The number of halogens is 1. The van der Waals surface area contributed by atoms with Crippen LogP contribution in [0.1, 0.15) is 6.42 Å². The summed E-state index contributed by atoms with van der Waals surface area (Å²) < 4.78 is 31.6. The van der Waals surface area contributed by atoms with Crippen LogP contribution in [0, 0.1) is 0 Å². The highest BCUT2D eigenvalue weighted by Gasteiger charge is 2.29. The molecule has 2 heterocycles. The Balaban J connectivity index is 2.12. The van der Waals surface area contributed by atoms with E-state index in [1.54, 1.807) is 6.07 Å². The van der Waals surface area contributed by atoms with Crippen molar-refractivity contribution in [2.45, 2.75) is 10.6 Å². The Labute approximate surface area is 126 Å². The maximum absolute atomic E-state index is 12.4. The molecule has 0 atom stereocenters. The molecule has 1 aromatic heterocycles. The molecule has 1 aromatic rings. The molecule has 0 unspecified atom stereocenters. The molecule has 0 spiro atoms. The fourth-order valence-electron chi connectivity index (χ4n) is 2.01. The second kappa shape index (κ2) is 6.30. The Morgan fingerprint density at radius 3 is 2.65 bits per heavy atom. The number of carbonyl (C=O) groups excluding carboxylic acids is 1. The molecule has 1 fully saturated rings. The standard InChI is InChI=1S/C11H15ClN2O4S2/c1-18-11(15)13-5-2-6-14(8-7-13)20(16,17)10-4-3-9(12)19-10/h3-4H,2,5-8H2,1H3. The Morgan fingerprint density at radius 2 is 2.05 bits per heavy atom. The summed E-state index contributed by atoms with van der Waals surface area (Å²) in [5, 5.41) is 0. The van der Waals surface area contributed by atoms with E-state index in [4.69, 9.17) is 11.6 Å². The minimum atomic E-state index is -3.53. The van der Waals surface area contributed by atoms with E-state index in [1.165, 1.54) is 22.4 Å². The minimum Gasteiger partial charge on any atom is -0.453 e. The van der Waals surface area contributed by atoms with Crippen LogP contribution in [0.3, 0.4) is 0 Å². The van der Waals surface area contributed by atoms with Gasteiger partial charge in [-0.05, 0) is 18.6 Å². The van der Waals surface area contributed by atoms with Crippen LogP contribution in [-0.2, 0) is 14.8 Å². The summed E-state index contributed by atoms with van der Waals surface area (Å²) in [5.41, 5.74) is 0. The van der Waals surface area contributed by atoms with Gasteiger partial charge < -0.3 is 9.64 Å². The summed E-state index contributed by atoms with van der Waals surface area (Å²) >= 11 is 6.82. The Morgan fingerprint density at radius 1 is 1.30 bits per heavy atom. The van der Waals surface area contributed by atoms with E-state index in [2.05, 4.69) is 4.74 Å². The molecule has 1 aliphatic heterocycles. The van der Waals surface area contributed by atoms with Crippen LogP contribution < -0.4 is 0 Å². The zero-order valence-electron chi connectivity index (χ0n) is 10.9. The van der Waals surface area contributed by atoms with Crippen molar-refractivity contribution in [2.24, 2.45) is 0 Å². The SMILES string of the molecule is COC(=O)N1CCCN(S(=O)(=O)c2ccc(Cl)s2)CC1. The van der Waals surface area contributed by atoms with Crippen molar-refractivity contribution in [2.75, 3.05) is 33.3 Å². The highest BCUT2D eigenvalue weighted by atomic mass is 35.5. The molecule has 1 amide bonds. The van der Waals surface area contributed by atoms with Crippen LogP contribution >= 0.6 is 22.9 Å². The fourth-order valence-corrected chi connectivity index (χ4v) is 5.12. The van der Waals surface area contributed by atoms with Crippen LogP contribution in [0.5, 0.6) is 0 Å². The van der Waals surface area contributed by atoms with Crippen LogP contribution in [0.2, 0.25) is 4.34 Å². The van der Waals surface area contributed by atoms with Crippen molar-refractivity contribution in [3.63, 3.8) is 0 Å². The van der Waals surface area contributed by atoms with Crippen molar-refractivity contribution in [3.8, 4) is 0 Å². The van der Waals surface area contributed by atoms with E-state index >= 15 is 0 Å². The maximum atomic E-state index is 12.4. The van der Waals surface area contributed by atoms with E-state index in [1.807, 2.05) is 0 Å². The first-order valence-electron chi connectivity index (χ1n) is 6.03. The molecule has 0 radical (unpaired) electrons. The lowest BCUT2D eigenvalue weighted by atomic mass is 10.4. The van der Waals surface area contributed by atoms with Crippen LogP contribution in [0.4, 0.5) is 4.79 Å². The monoisotopic (exact) mass is 338 g/mol. The number of thiophene rings is 1. The number of hydrogen-bond donors (Lipinski definition) is 0. The van der Waals surface area contributed by atoms with Crippen LogP contribution in [0.25, 0.3) is 0 Å². The average molecular weight is 339 g/mol. The number of methoxy groups -OCH3 is 1. The Kier molecular flexibility index (Phi) is 4.90. The number of carbonyl (C=O) groups is 1. The summed E-state index contributed by atoms with van der Waals surface area (Å²) in [5.74, 6) is 0. The molecule has 0 aliphatic carbocycles. The zero-order chi connectivity index (χ0) is 14.8. The lowest BCUT2D eigenvalue weighted by Gasteiger charge is -2.20. The van der Waals surface area contributed by atoms with Gasteiger partial charge in [0.05, 0.1) is 11.4 Å². The molecular weight excluding hydrogens is 324 g/mol. The number of sulfonamides is 1. The first-order valence-corrected chi connectivity index (χ1v) is 8.67. The van der Waals surface area contributed by atoms with Crippen LogP contribution in [0.15, 0.2) is 16.3 Å². The van der Waals surface area contributed by atoms with Crippen molar-refractivity contribution < 1.29 is 17.9 Å². The summed E-state index contributed by atoms with van der Waals surface area (Å²) in [4.78, 5) is 13.0. The first-order chi connectivity index (χ1) is 9.45. The quantitative estimate of drug-likeness (QED) is 0.825. The Hall–Kier alpha value is -0.830. The second-order valence-electron chi connectivity index (χ2n) is 4.27. The Bertz CT molecular complexity index is 587. The molecule has 2 rings (SSSR count). The molecule has 1 saturated heterocycles. The third-order valence-corrected chi connectivity index (χ3v) is 6.63.